The van der Waals surface area contributed by atoms with Gasteiger partial charge < -0.3 is 10.2 Å². The number of likely N-dealkylation sites (tertiary alicyclic amines) is 1. The first-order chi connectivity index (χ1) is 3.88. The minimum atomic E-state index is 0.773. The van der Waals surface area contributed by atoms with E-state index < -0.39 is 0 Å². The molecule has 0 amide bonds. The maximum absolute atomic E-state index is 3.88. The van der Waals surface area contributed by atoms with E-state index in [9.17, 15) is 0 Å². The van der Waals surface area contributed by atoms with Gasteiger partial charge in [-0.05, 0) is 18.5 Å². The Hall–Kier alpha value is -0.0800. The van der Waals surface area contributed by atoms with E-state index in [-0.39, 0.29) is 0 Å². The van der Waals surface area contributed by atoms with E-state index in [2.05, 4.69) is 17.3 Å². The molecule has 0 radical (unpaired) electrons. The van der Waals surface area contributed by atoms with Crippen LogP contribution in [0.25, 0.3) is 0 Å². The summed E-state index contributed by atoms with van der Waals surface area (Å²) in [6.07, 6.45) is 0. The summed E-state index contributed by atoms with van der Waals surface area (Å²) < 4.78 is 0. The fraction of sp³-hybridized carbons (Fsp3) is 0.833. The molecule has 0 saturated carbocycles. The fourth-order valence-corrected chi connectivity index (χ4v) is 1.63. The van der Waals surface area contributed by atoms with Crippen LogP contribution < -0.4 is 5.32 Å². The van der Waals surface area contributed by atoms with Gasteiger partial charge in [0.1, 0.15) is 0 Å². The predicted octanol–water partition coefficient (Wildman–Crippen LogP) is -0.318. The van der Waals surface area contributed by atoms with Crippen LogP contribution in [0.4, 0.5) is 0 Å². The van der Waals surface area contributed by atoms with Crippen LogP contribution in [0.2, 0.25) is 0 Å². The molecule has 2 atom stereocenters. The molecule has 0 aromatic heterocycles. The summed E-state index contributed by atoms with van der Waals surface area (Å²) in [5.41, 5.74) is 0. The first-order valence-corrected chi connectivity index (χ1v) is 3.16. The highest BCUT2D eigenvalue weighted by atomic mass is 15.3. The van der Waals surface area contributed by atoms with Crippen LogP contribution in [0.15, 0.2) is 0 Å². The van der Waals surface area contributed by atoms with Crippen LogP contribution in [0, 0.1) is 13.0 Å². The lowest BCUT2D eigenvalue weighted by molar-refractivity contribution is 0.104. The summed E-state index contributed by atoms with van der Waals surface area (Å²) in [5, 5.41) is 3.33. The number of nitrogens with one attached hydrogen (secondary N) is 1. The molecular weight excluding hydrogens is 100 g/mol. The molecule has 2 heterocycles. The number of fused-ring (bicyclic) bond motifs is 1. The second kappa shape index (κ2) is 1.45. The van der Waals surface area contributed by atoms with Gasteiger partial charge in [0.2, 0.25) is 0 Å². The minimum absolute atomic E-state index is 0.773. The van der Waals surface area contributed by atoms with Crippen molar-refractivity contribution in [2.75, 3.05) is 19.6 Å². The third-order valence-electron chi connectivity index (χ3n) is 2.24. The highest BCUT2D eigenvalue weighted by Crippen LogP contribution is 2.25. The molecule has 0 aromatic carbocycles. The summed E-state index contributed by atoms with van der Waals surface area (Å²) in [5.74, 6) is 0.924. The molecule has 0 aromatic rings. The Morgan fingerprint density at radius 2 is 2.38 bits per heavy atom. The molecule has 2 aliphatic heterocycles. The molecule has 2 saturated heterocycles. The fourth-order valence-electron chi connectivity index (χ4n) is 1.63. The molecule has 0 bridgehead atoms. The first-order valence-electron chi connectivity index (χ1n) is 3.16. The number of hydrogen-bond donors (Lipinski definition) is 1. The summed E-state index contributed by atoms with van der Waals surface area (Å²) in [6, 6.07) is 0.773. The van der Waals surface area contributed by atoms with Crippen LogP contribution >= 0.6 is 0 Å². The van der Waals surface area contributed by atoms with Crippen LogP contribution in [-0.4, -0.2) is 30.6 Å². The van der Waals surface area contributed by atoms with Crippen LogP contribution in [0.5, 0.6) is 0 Å². The van der Waals surface area contributed by atoms with E-state index in [0.29, 0.717) is 0 Å². The van der Waals surface area contributed by atoms with Crippen molar-refractivity contribution in [1.29, 1.82) is 0 Å². The van der Waals surface area contributed by atoms with Gasteiger partial charge in [0, 0.05) is 13.1 Å². The average molecular weight is 111 g/mol. The predicted molar refractivity (Wildman–Crippen MR) is 32.2 cm³/mol. The highest BCUT2D eigenvalue weighted by molar-refractivity contribution is 4.98. The maximum Gasteiger partial charge on any atom is 0.00877 e. The van der Waals surface area contributed by atoms with Gasteiger partial charge in [-0.1, -0.05) is 0 Å². The Morgan fingerprint density at radius 3 is 2.88 bits per heavy atom. The van der Waals surface area contributed by atoms with Gasteiger partial charge >= 0.3 is 0 Å². The van der Waals surface area contributed by atoms with Crippen LogP contribution in [0.1, 0.15) is 0 Å². The largest absolute Gasteiger partial charge is 0.455 e. The normalized spacial score (nSPS) is 46.1. The number of hydrogen-bond acceptors (Lipinski definition) is 2. The second-order valence-electron chi connectivity index (χ2n) is 2.76. The Morgan fingerprint density at radius 1 is 1.50 bits per heavy atom. The Balaban J connectivity index is 2.02. The summed E-state index contributed by atoms with van der Waals surface area (Å²) in [6.45, 7) is 3.59. The van der Waals surface area contributed by atoms with Gasteiger partial charge in [0.05, 0.1) is 0 Å². The topological polar surface area (TPSA) is 15.3 Å². The monoisotopic (exact) mass is 111 g/mol. The zero-order valence-electron chi connectivity index (χ0n) is 4.93. The smallest absolute Gasteiger partial charge is 0.00877 e. The van der Waals surface area contributed by atoms with Crippen molar-refractivity contribution in [2.24, 2.45) is 5.92 Å². The van der Waals surface area contributed by atoms with Gasteiger partial charge in [0.15, 0.2) is 0 Å². The maximum atomic E-state index is 3.88. The van der Waals surface area contributed by atoms with Crippen molar-refractivity contribution in [3.63, 3.8) is 0 Å². The van der Waals surface area contributed by atoms with Crippen LogP contribution in [0.3, 0.4) is 0 Å². The van der Waals surface area contributed by atoms with Crippen molar-refractivity contribution in [1.82, 2.24) is 10.2 Å². The number of nitrogens with zero attached hydrogens (tertiary/aromatic N) is 1. The molecule has 8 heavy (non-hydrogen) atoms. The average Bonchev–Trinajstić information content (AvgIpc) is 2.09. The lowest BCUT2D eigenvalue weighted by Crippen LogP contribution is -2.51. The Bertz CT molecular complexity index is 103. The molecule has 2 fully saturated rings. The lowest BCUT2D eigenvalue weighted by atomic mass is 9.93. The van der Waals surface area contributed by atoms with Crippen molar-refractivity contribution >= 4 is 0 Å². The second-order valence-corrected chi connectivity index (χ2v) is 2.76. The highest BCUT2D eigenvalue weighted by Gasteiger charge is 2.35. The van der Waals surface area contributed by atoms with Gasteiger partial charge in [-0.25, -0.2) is 0 Å². The molecule has 0 unspecified atom stereocenters. The number of rotatable bonds is 0. The Labute approximate surface area is 49.9 Å². The van der Waals surface area contributed by atoms with Crippen molar-refractivity contribution in [3.8, 4) is 0 Å². The van der Waals surface area contributed by atoms with E-state index in [0.717, 1.165) is 18.5 Å². The summed E-state index contributed by atoms with van der Waals surface area (Å²) in [7, 11) is 3.88. The van der Waals surface area contributed by atoms with Gasteiger partial charge in [0.25, 0.3) is 0 Å². The van der Waals surface area contributed by atoms with Crippen LogP contribution in [-0.2, 0) is 0 Å². The van der Waals surface area contributed by atoms with Crippen molar-refractivity contribution in [3.05, 3.63) is 7.05 Å². The van der Waals surface area contributed by atoms with Gasteiger partial charge in [-0.2, -0.15) is 0 Å². The van der Waals surface area contributed by atoms with E-state index >= 15 is 0 Å². The minimum Gasteiger partial charge on any atom is -0.455 e. The SMILES string of the molecule is [CH2-]N1C[C@H]2CNC[C@H]21. The summed E-state index contributed by atoms with van der Waals surface area (Å²) in [4.78, 5) is 2.17. The van der Waals surface area contributed by atoms with Crippen molar-refractivity contribution < 1.29 is 0 Å². The van der Waals surface area contributed by atoms with E-state index in [1.807, 2.05) is 0 Å². The standard InChI is InChI=1S/C6H11N2/c1-8-4-5-2-7-3-6(5)8/h5-7H,1-4H2/q-1/t5-,6-/m1/s1. The molecule has 2 heteroatoms. The quantitative estimate of drug-likeness (QED) is 0.431. The zero-order chi connectivity index (χ0) is 5.56. The molecule has 2 nitrogen and oxygen atoms in total. The van der Waals surface area contributed by atoms with E-state index in [4.69, 9.17) is 0 Å². The molecule has 1 N–H and O–H groups in total. The molecule has 2 aliphatic rings. The molecule has 46 valence electrons. The van der Waals surface area contributed by atoms with E-state index in [1.54, 1.807) is 0 Å². The molecule has 0 aliphatic carbocycles. The van der Waals surface area contributed by atoms with Crippen molar-refractivity contribution in [2.45, 2.75) is 6.04 Å². The zero-order valence-corrected chi connectivity index (χ0v) is 4.93. The first kappa shape index (κ1) is 4.77. The van der Waals surface area contributed by atoms with E-state index in [1.165, 1.54) is 13.1 Å². The third-order valence-corrected chi connectivity index (χ3v) is 2.24. The third kappa shape index (κ3) is 0.446. The summed E-state index contributed by atoms with van der Waals surface area (Å²) >= 11 is 0. The van der Waals surface area contributed by atoms with Gasteiger partial charge in [-0.15, -0.1) is 0 Å². The molecule has 2 rings (SSSR count). The molecule has 0 spiro atoms. The molecular formula is C6H11N2-. The Kier molecular flexibility index (Phi) is 0.866. The van der Waals surface area contributed by atoms with Gasteiger partial charge in [-0.3, -0.25) is 7.05 Å². The lowest BCUT2D eigenvalue weighted by Gasteiger charge is -2.47.